The number of hydrogen-bond acceptors (Lipinski definition) is 3. The number of rotatable bonds is 7. The first-order valence-electron chi connectivity index (χ1n) is 12.5. The van der Waals surface area contributed by atoms with Gasteiger partial charge in [-0.15, -0.1) is 0 Å². The number of carbonyl (C=O) groups is 2. The van der Waals surface area contributed by atoms with E-state index in [1.807, 2.05) is 6.08 Å². The fourth-order valence-electron chi connectivity index (χ4n) is 7.42. The van der Waals surface area contributed by atoms with Gasteiger partial charge in [-0.05, 0) is 81.1 Å². The molecule has 0 heterocycles. The quantitative estimate of drug-likeness (QED) is 0.367. The van der Waals surface area contributed by atoms with E-state index in [2.05, 4.69) is 13.8 Å². The van der Waals surface area contributed by atoms with E-state index in [1.165, 1.54) is 50.5 Å². The van der Waals surface area contributed by atoms with Crippen LogP contribution >= 0.6 is 0 Å². The third kappa shape index (κ3) is 4.21. The minimum atomic E-state index is 0.0372. The van der Waals surface area contributed by atoms with Crippen molar-refractivity contribution in [3.05, 3.63) is 11.6 Å². The molecule has 3 nitrogen and oxygen atoms in total. The summed E-state index contributed by atoms with van der Waals surface area (Å²) in [5.41, 5.74) is 1.63. The lowest BCUT2D eigenvalue weighted by Crippen LogP contribution is -2.48. The molecule has 0 spiro atoms. The maximum atomic E-state index is 12.5. The van der Waals surface area contributed by atoms with Crippen molar-refractivity contribution in [3.63, 3.8) is 0 Å². The van der Waals surface area contributed by atoms with Crippen LogP contribution in [0.15, 0.2) is 11.6 Å². The normalized spacial score (nSPS) is 38.6. The Labute approximate surface area is 177 Å². The van der Waals surface area contributed by atoms with Crippen molar-refractivity contribution in [1.82, 2.24) is 0 Å². The fourth-order valence-corrected chi connectivity index (χ4v) is 7.42. The van der Waals surface area contributed by atoms with Gasteiger partial charge in [-0.1, -0.05) is 45.1 Å². The van der Waals surface area contributed by atoms with E-state index in [0.717, 1.165) is 50.4 Å². The lowest BCUT2D eigenvalue weighted by Gasteiger charge is -2.53. The van der Waals surface area contributed by atoms with E-state index >= 15 is 0 Å². The van der Waals surface area contributed by atoms with Gasteiger partial charge >= 0.3 is 5.97 Å². The average Bonchev–Trinajstić information content (AvgIpc) is 3.03. The number of ether oxygens (including phenoxy) is 1. The second kappa shape index (κ2) is 8.94. The zero-order valence-electron chi connectivity index (χ0n) is 18.6. The molecule has 6 atom stereocenters. The Morgan fingerprint density at radius 2 is 1.86 bits per heavy atom. The van der Waals surface area contributed by atoms with Gasteiger partial charge in [0.25, 0.3) is 0 Å². The number of hydrogen-bond donors (Lipinski definition) is 0. The van der Waals surface area contributed by atoms with Crippen molar-refractivity contribution in [1.29, 1.82) is 0 Å². The smallest absolute Gasteiger partial charge is 0.306 e. The van der Waals surface area contributed by atoms with Gasteiger partial charge in [0.05, 0.1) is 0 Å². The highest BCUT2D eigenvalue weighted by Gasteiger charge is 2.57. The van der Waals surface area contributed by atoms with E-state index < -0.39 is 0 Å². The number of carbonyl (C=O) groups excluding carboxylic acids is 2. The maximum Gasteiger partial charge on any atom is 0.306 e. The zero-order chi connectivity index (χ0) is 20.4. The van der Waals surface area contributed by atoms with E-state index in [4.69, 9.17) is 4.74 Å². The van der Waals surface area contributed by atoms with Crippen LogP contribution in [0.4, 0.5) is 0 Å². The van der Waals surface area contributed by atoms with Gasteiger partial charge in [0, 0.05) is 18.3 Å². The van der Waals surface area contributed by atoms with E-state index in [-0.39, 0.29) is 17.5 Å². The van der Waals surface area contributed by atoms with Crippen molar-refractivity contribution in [2.45, 2.75) is 110 Å². The van der Waals surface area contributed by atoms with Crippen molar-refractivity contribution < 1.29 is 14.3 Å². The van der Waals surface area contributed by atoms with Crippen molar-refractivity contribution in [2.75, 3.05) is 0 Å². The fraction of sp³-hybridized carbons (Fsp3) is 0.846. The standard InChI is InChI=1S/C26H40O3/c1-3-4-5-6-7-8-25(28)29-24-14-13-23-22-11-9-18-17-19(27)10-12-20(18)21(22)15-16-26(23,24)2/h17,20-24H,3-16H2,1-2H3. The monoisotopic (exact) mass is 400 g/mol. The molecule has 3 fully saturated rings. The van der Waals surface area contributed by atoms with Crippen LogP contribution in [0.3, 0.4) is 0 Å². The molecule has 0 aromatic heterocycles. The minimum Gasteiger partial charge on any atom is -0.462 e. The zero-order valence-corrected chi connectivity index (χ0v) is 18.6. The SMILES string of the molecule is CCCCCCCC(=O)OC1CCC2C3CCC4=CC(=O)CCC4C3CCC12C. The van der Waals surface area contributed by atoms with Crippen molar-refractivity contribution in [2.24, 2.45) is 29.1 Å². The van der Waals surface area contributed by atoms with Gasteiger partial charge in [0.15, 0.2) is 5.78 Å². The highest BCUT2D eigenvalue weighted by atomic mass is 16.5. The van der Waals surface area contributed by atoms with Crippen LogP contribution in [-0.2, 0) is 14.3 Å². The number of fused-ring (bicyclic) bond motifs is 5. The highest BCUT2D eigenvalue weighted by Crippen LogP contribution is 2.62. The summed E-state index contributed by atoms with van der Waals surface area (Å²) < 4.78 is 6.10. The van der Waals surface area contributed by atoms with Gasteiger partial charge < -0.3 is 4.74 Å². The Balaban J connectivity index is 1.35. The van der Waals surface area contributed by atoms with Crippen LogP contribution in [0, 0.1) is 29.1 Å². The Morgan fingerprint density at radius 1 is 1.03 bits per heavy atom. The summed E-state index contributed by atoms with van der Waals surface area (Å²) >= 11 is 0. The van der Waals surface area contributed by atoms with E-state index in [9.17, 15) is 9.59 Å². The summed E-state index contributed by atoms with van der Waals surface area (Å²) in [5.74, 6) is 3.26. The highest BCUT2D eigenvalue weighted by molar-refractivity contribution is 5.91. The topological polar surface area (TPSA) is 43.4 Å². The molecule has 0 radical (unpaired) electrons. The molecule has 4 aliphatic rings. The molecule has 0 aromatic rings. The van der Waals surface area contributed by atoms with Gasteiger partial charge in [0.2, 0.25) is 0 Å². The molecule has 3 saturated carbocycles. The Hall–Kier alpha value is -1.12. The molecule has 0 bridgehead atoms. The summed E-state index contributed by atoms with van der Waals surface area (Å²) in [6, 6.07) is 0. The van der Waals surface area contributed by atoms with Gasteiger partial charge in [-0.2, -0.15) is 0 Å². The van der Waals surface area contributed by atoms with Crippen LogP contribution in [0.2, 0.25) is 0 Å². The third-order valence-corrected chi connectivity index (χ3v) is 8.97. The summed E-state index contributed by atoms with van der Waals surface area (Å²) in [7, 11) is 0. The lowest BCUT2D eigenvalue weighted by molar-refractivity contribution is -0.159. The van der Waals surface area contributed by atoms with Gasteiger partial charge in [-0.3, -0.25) is 9.59 Å². The second-order valence-corrected chi connectivity index (χ2v) is 10.6. The van der Waals surface area contributed by atoms with Crippen molar-refractivity contribution in [3.8, 4) is 0 Å². The summed E-state index contributed by atoms with van der Waals surface area (Å²) in [5, 5.41) is 0. The Kier molecular flexibility index (Phi) is 6.51. The predicted molar refractivity (Wildman–Crippen MR) is 115 cm³/mol. The van der Waals surface area contributed by atoms with Crippen LogP contribution in [0.5, 0.6) is 0 Å². The molecule has 29 heavy (non-hydrogen) atoms. The first-order chi connectivity index (χ1) is 14.0. The molecular weight excluding hydrogens is 360 g/mol. The molecule has 6 unspecified atom stereocenters. The molecule has 3 heteroatoms. The average molecular weight is 401 g/mol. The molecule has 0 aliphatic heterocycles. The Morgan fingerprint density at radius 3 is 2.69 bits per heavy atom. The molecule has 0 saturated heterocycles. The first kappa shape index (κ1) is 21.1. The molecule has 4 rings (SSSR count). The van der Waals surface area contributed by atoms with Crippen LogP contribution < -0.4 is 0 Å². The largest absolute Gasteiger partial charge is 0.462 e. The van der Waals surface area contributed by atoms with E-state index in [1.54, 1.807) is 0 Å². The van der Waals surface area contributed by atoms with Gasteiger partial charge in [0.1, 0.15) is 6.10 Å². The molecule has 4 aliphatic carbocycles. The molecule has 0 amide bonds. The third-order valence-electron chi connectivity index (χ3n) is 8.97. The predicted octanol–water partition coefficient (Wildman–Crippen LogP) is 6.40. The molecule has 0 N–H and O–H groups in total. The first-order valence-corrected chi connectivity index (χ1v) is 12.5. The number of allylic oxidation sites excluding steroid dienone is 1. The lowest BCUT2D eigenvalue weighted by atomic mass is 9.52. The number of esters is 1. The summed E-state index contributed by atoms with van der Waals surface area (Å²) in [4.78, 5) is 24.3. The molecule has 162 valence electrons. The molecular formula is C26H40O3. The number of ketones is 1. The maximum absolute atomic E-state index is 12.5. The number of unbranched alkanes of at least 4 members (excludes halogenated alkanes) is 4. The van der Waals surface area contributed by atoms with Crippen LogP contribution in [0.1, 0.15) is 104 Å². The minimum absolute atomic E-state index is 0.0372. The summed E-state index contributed by atoms with van der Waals surface area (Å²) in [6.45, 7) is 4.63. The van der Waals surface area contributed by atoms with Crippen LogP contribution in [0.25, 0.3) is 0 Å². The van der Waals surface area contributed by atoms with Gasteiger partial charge in [-0.25, -0.2) is 0 Å². The van der Waals surface area contributed by atoms with E-state index in [0.29, 0.717) is 24.0 Å². The molecule has 0 aromatic carbocycles. The Bertz CT molecular complexity index is 650. The van der Waals surface area contributed by atoms with Crippen LogP contribution in [-0.4, -0.2) is 17.9 Å². The second-order valence-electron chi connectivity index (χ2n) is 10.6. The van der Waals surface area contributed by atoms with Crippen molar-refractivity contribution >= 4 is 11.8 Å². The summed E-state index contributed by atoms with van der Waals surface area (Å²) in [6.07, 6.45) is 17.5.